The Morgan fingerprint density at radius 1 is 1.05 bits per heavy atom. The number of benzene rings is 1. The molecular formula is C62H102N8O6. The van der Waals surface area contributed by atoms with E-state index in [-0.39, 0.29) is 61.2 Å². The van der Waals surface area contributed by atoms with Gasteiger partial charge in [0.1, 0.15) is 0 Å². The second-order valence-corrected chi connectivity index (χ2v) is 25.0. The summed E-state index contributed by atoms with van der Waals surface area (Å²) in [5.41, 5.74) is 14.2. The Kier molecular flexibility index (Phi) is 19.9. The van der Waals surface area contributed by atoms with E-state index >= 15 is 4.79 Å². The minimum absolute atomic E-state index is 0. The number of hydrazine groups is 1. The lowest BCUT2D eigenvalue weighted by molar-refractivity contribution is -0.200. The van der Waals surface area contributed by atoms with Crippen LogP contribution in [0, 0.1) is 16.7 Å². The molecular weight excluding hydrogens is 953 g/mol. The van der Waals surface area contributed by atoms with Gasteiger partial charge in [-0.05, 0) is 156 Å². The smallest absolute Gasteiger partial charge is 0.293 e. The van der Waals surface area contributed by atoms with E-state index in [9.17, 15) is 4.79 Å². The summed E-state index contributed by atoms with van der Waals surface area (Å²) in [5.74, 6) is 0.834. The fourth-order valence-electron chi connectivity index (χ4n) is 14.0. The van der Waals surface area contributed by atoms with E-state index in [4.69, 9.17) is 30.5 Å². The van der Waals surface area contributed by atoms with Gasteiger partial charge in [-0.3, -0.25) is 24.4 Å². The number of anilines is 1. The number of fused-ring (bicyclic) bond motifs is 1. The molecule has 6 aliphatic rings. The van der Waals surface area contributed by atoms with Crippen molar-refractivity contribution in [3.8, 4) is 0 Å². The highest BCUT2D eigenvalue weighted by Crippen LogP contribution is 2.54. The summed E-state index contributed by atoms with van der Waals surface area (Å²) in [6.45, 7) is 33.9. The standard InChI is InChI=1S/C62H98N8O6.2H2/c1-12-14-23-61(9)24-17-28-69(61)58(43(3)4)59(72)66-56(44(5)70-29-16-15-25-65-70)54(68-37-62(38-68)40-75-41-62)22-30-67(31-32-73-10)48-18-19-50-49(13-2)55(53(51(50)34-48)35-60(7,8)39-76-42-71)52-33-47(46-20-26-63-27-21-46)36-64-57(52)45(6)74-11;;/h18-19,33-34,36,42-43,45-46,49,54,56,58,63,65H,5,12-17,20-32,35,37-41H2,1-4,6-11H3,(H,66,72);2*1H/t45-,49?,54+,56+,58-,61-;;/m0../s1. The van der Waals surface area contributed by atoms with Crippen LogP contribution in [-0.4, -0.2) is 155 Å². The topological polar surface area (TPSA) is 133 Å². The van der Waals surface area contributed by atoms with Crippen molar-refractivity contribution in [1.82, 2.24) is 35.9 Å². The molecule has 1 unspecified atom stereocenters. The number of nitrogens with one attached hydrogen (secondary N) is 3. The van der Waals surface area contributed by atoms with Gasteiger partial charge in [-0.15, -0.1) is 0 Å². The van der Waals surface area contributed by atoms with Crippen LogP contribution in [0.3, 0.4) is 0 Å². The van der Waals surface area contributed by atoms with E-state index in [0.717, 1.165) is 153 Å². The molecule has 1 aromatic carbocycles. The second-order valence-electron chi connectivity index (χ2n) is 25.0. The van der Waals surface area contributed by atoms with Gasteiger partial charge in [-0.1, -0.05) is 67.0 Å². The summed E-state index contributed by atoms with van der Waals surface area (Å²) >= 11 is 0. The van der Waals surface area contributed by atoms with Crippen LogP contribution in [0.25, 0.3) is 11.1 Å². The molecule has 14 heteroatoms. The first-order valence-electron chi connectivity index (χ1n) is 29.6. The Morgan fingerprint density at radius 3 is 2.47 bits per heavy atom. The van der Waals surface area contributed by atoms with Crippen LogP contribution in [0.15, 0.2) is 42.7 Å². The lowest BCUT2D eigenvalue weighted by Crippen LogP contribution is -2.72. The van der Waals surface area contributed by atoms with Crippen LogP contribution in [0.1, 0.15) is 181 Å². The highest BCUT2D eigenvalue weighted by atomic mass is 16.5. The van der Waals surface area contributed by atoms with Crippen molar-refractivity contribution < 1.29 is 31.4 Å². The molecule has 76 heavy (non-hydrogen) atoms. The fraction of sp³-hybridized carbons (Fsp3) is 0.726. The Labute approximate surface area is 460 Å². The van der Waals surface area contributed by atoms with E-state index in [2.05, 4.69) is 122 Å². The number of pyridine rings is 1. The minimum atomic E-state index is -0.351. The molecule has 6 heterocycles. The monoisotopic (exact) mass is 1050 g/mol. The summed E-state index contributed by atoms with van der Waals surface area (Å²) < 4.78 is 23.4. The van der Waals surface area contributed by atoms with Gasteiger partial charge >= 0.3 is 0 Å². The summed E-state index contributed by atoms with van der Waals surface area (Å²) in [5, 5.41) is 9.60. The first-order chi connectivity index (χ1) is 36.6. The van der Waals surface area contributed by atoms with Gasteiger partial charge in [0.25, 0.3) is 6.47 Å². The number of amides is 1. The summed E-state index contributed by atoms with van der Waals surface area (Å²) in [6.07, 6.45) is 14.3. The summed E-state index contributed by atoms with van der Waals surface area (Å²) in [4.78, 5) is 40.0. The molecule has 426 valence electrons. The summed E-state index contributed by atoms with van der Waals surface area (Å²) in [7, 11) is 3.56. The maximum Gasteiger partial charge on any atom is 0.293 e. The molecule has 6 atom stereocenters. The van der Waals surface area contributed by atoms with Gasteiger partial charge in [-0.2, -0.15) is 0 Å². The SMILES string of the molecule is C=C([C@@H](NC(=O)[C@H](C(C)C)N1CCC[C@]1(C)CCCC)[C@@H](CCN(CCOC)c1ccc2c(c1)C(CC(C)(C)COC=O)=C(c1cc(C3CCNCC3)cnc1[C@H](C)OC)C2CC)N1CC2(COC2)C1)N1CCCCN1.[HH].[HH]. The van der Waals surface area contributed by atoms with Crippen LogP contribution in [-0.2, 0) is 28.5 Å². The number of rotatable bonds is 28. The molecule has 0 radical (unpaired) electrons. The van der Waals surface area contributed by atoms with Crippen LogP contribution in [0.2, 0.25) is 0 Å². The van der Waals surface area contributed by atoms with Gasteiger partial charge in [0.2, 0.25) is 5.91 Å². The van der Waals surface area contributed by atoms with Gasteiger partial charge < -0.3 is 39.5 Å². The number of likely N-dealkylation sites (tertiary alicyclic amines) is 2. The van der Waals surface area contributed by atoms with Crippen LogP contribution >= 0.6 is 0 Å². The number of ether oxygens (including phenoxy) is 4. The number of hydrogen-bond acceptors (Lipinski definition) is 13. The largest absolute Gasteiger partial charge is 0.467 e. The molecule has 3 N–H and O–H groups in total. The Hall–Kier alpha value is -3.89. The van der Waals surface area contributed by atoms with E-state index in [1.807, 2.05) is 0 Å². The van der Waals surface area contributed by atoms with Crippen LogP contribution in [0.5, 0.6) is 0 Å². The first kappa shape index (κ1) is 58.3. The molecule has 1 aromatic heterocycles. The molecule has 14 nitrogen and oxygen atoms in total. The number of unbranched alkanes of at least 4 members (excludes halogenated alkanes) is 1. The predicted octanol–water partition coefficient (Wildman–Crippen LogP) is 9.97. The molecule has 5 aliphatic heterocycles. The molecule has 5 saturated heterocycles. The summed E-state index contributed by atoms with van der Waals surface area (Å²) in [6, 6.07) is 9.00. The maximum absolute atomic E-state index is 15.4. The van der Waals surface area contributed by atoms with Gasteiger partial charge in [-0.25, -0.2) is 5.43 Å². The number of methoxy groups -OCH3 is 2. The molecule has 0 bridgehead atoms. The average molecular weight is 1060 g/mol. The molecule has 1 spiro atoms. The Bertz CT molecular complexity index is 2310. The van der Waals surface area contributed by atoms with Crippen molar-refractivity contribution >= 4 is 29.2 Å². The van der Waals surface area contributed by atoms with Crippen molar-refractivity contribution in [1.29, 1.82) is 0 Å². The van der Waals surface area contributed by atoms with E-state index in [1.54, 1.807) is 14.2 Å². The van der Waals surface area contributed by atoms with Gasteiger partial charge in [0.05, 0.1) is 50.3 Å². The van der Waals surface area contributed by atoms with Crippen molar-refractivity contribution in [2.75, 3.05) is 104 Å². The lowest BCUT2D eigenvalue weighted by Gasteiger charge is -2.59. The third-order valence-electron chi connectivity index (χ3n) is 18.4. The van der Waals surface area contributed by atoms with Crippen LogP contribution in [0.4, 0.5) is 5.69 Å². The highest BCUT2D eigenvalue weighted by molar-refractivity contribution is 6.01. The van der Waals surface area contributed by atoms with Crippen LogP contribution < -0.4 is 21.0 Å². The quantitative estimate of drug-likeness (QED) is 0.0700. The third-order valence-corrected chi connectivity index (χ3v) is 18.4. The number of allylic oxidation sites excluding steroid dienone is 2. The van der Waals surface area contributed by atoms with Crippen molar-refractivity contribution in [3.05, 3.63) is 70.7 Å². The maximum atomic E-state index is 15.4. The normalized spacial score (nSPS) is 23.7. The van der Waals surface area contributed by atoms with Crippen molar-refractivity contribution in [2.24, 2.45) is 16.7 Å². The Morgan fingerprint density at radius 2 is 1.83 bits per heavy atom. The van der Waals surface area contributed by atoms with Crippen molar-refractivity contribution in [3.63, 3.8) is 0 Å². The zero-order valence-corrected chi connectivity index (χ0v) is 48.6. The van der Waals surface area contributed by atoms with Crippen molar-refractivity contribution in [2.45, 2.75) is 174 Å². The lowest BCUT2D eigenvalue weighted by atomic mass is 9.76. The number of aromatic nitrogens is 1. The predicted molar refractivity (Wildman–Crippen MR) is 310 cm³/mol. The second kappa shape index (κ2) is 25.9. The zero-order chi connectivity index (χ0) is 54.2. The van der Waals surface area contributed by atoms with Gasteiger partial charge in [0, 0.05) is 108 Å². The zero-order valence-electron chi connectivity index (χ0n) is 48.6. The molecule has 1 amide bonds. The average Bonchev–Trinajstić information content (AvgIpc) is 3.92. The van der Waals surface area contributed by atoms with E-state index in [1.165, 1.54) is 33.4 Å². The van der Waals surface area contributed by atoms with E-state index < -0.39 is 0 Å². The molecule has 8 rings (SSSR count). The number of carbonyl (C=O) groups is 2. The molecule has 0 saturated carbocycles. The molecule has 2 aromatic rings. The minimum Gasteiger partial charge on any atom is -0.467 e. The van der Waals surface area contributed by atoms with E-state index in [0.29, 0.717) is 38.6 Å². The first-order valence-corrected chi connectivity index (χ1v) is 29.6. The number of carbonyl (C=O) groups excluding carboxylic acids is 2. The fourth-order valence-corrected chi connectivity index (χ4v) is 14.0. The number of piperidine rings is 1. The molecule has 1 aliphatic carbocycles. The van der Waals surface area contributed by atoms with Gasteiger partial charge in [0.15, 0.2) is 0 Å². The molecule has 5 fully saturated rings. The number of hydrogen-bond donors (Lipinski definition) is 3. The Balaban J connectivity index is 0.00000492. The number of nitrogens with zero attached hydrogens (tertiary/aromatic N) is 5. The highest BCUT2D eigenvalue weighted by Gasteiger charge is 2.53. The third kappa shape index (κ3) is 12.9.